The molecule has 1 saturated heterocycles. The zero-order chi connectivity index (χ0) is 14.8. The van der Waals surface area contributed by atoms with Crippen LogP contribution in [0, 0.1) is 6.92 Å². The minimum absolute atomic E-state index is 0.0560. The predicted molar refractivity (Wildman–Crippen MR) is 85.8 cm³/mol. The molecule has 0 spiro atoms. The molecule has 0 aliphatic carbocycles. The molecule has 1 aromatic carbocycles. The quantitative estimate of drug-likeness (QED) is 0.862. The molecule has 1 aliphatic heterocycles. The number of hydrogen-bond donors (Lipinski definition) is 1. The van der Waals surface area contributed by atoms with Gasteiger partial charge in [0.1, 0.15) is 0 Å². The largest absolute Gasteiger partial charge is 0.398 e. The lowest BCUT2D eigenvalue weighted by Crippen LogP contribution is -2.48. The highest BCUT2D eigenvalue weighted by Crippen LogP contribution is 2.20. The Hall–Kier alpha value is -2.08. The maximum Gasteiger partial charge on any atom is 0.254 e. The number of hydrogen-bond acceptors (Lipinski definition) is 5. The van der Waals surface area contributed by atoms with Crippen LogP contribution in [0.4, 0.5) is 10.8 Å². The Morgan fingerprint density at radius 1 is 1.29 bits per heavy atom. The van der Waals surface area contributed by atoms with Gasteiger partial charge >= 0.3 is 0 Å². The second-order valence-electron chi connectivity index (χ2n) is 5.17. The highest BCUT2D eigenvalue weighted by molar-refractivity contribution is 7.13. The van der Waals surface area contributed by atoms with Gasteiger partial charge in [0.15, 0.2) is 5.13 Å². The Labute approximate surface area is 128 Å². The van der Waals surface area contributed by atoms with Crippen LogP contribution < -0.4 is 10.6 Å². The van der Waals surface area contributed by atoms with Gasteiger partial charge in [0.2, 0.25) is 0 Å². The molecule has 1 fully saturated rings. The van der Waals surface area contributed by atoms with Crippen LogP contribution in [0.15, 0.2) is 29.8 Å². The molecule has 1 aliphatic rings. The van der Waals surface area contributed by atoms with Crippen molar-refractivity contribution < 1.29 is 4.79 Å². The Kier molecular flexibility index (Phi) is 3.79. The zero-order valence-electron chi connectivity index (χ0n) is 12.0. The molecular weight excluding hydrogens is 284 g/mol. The second kappa shape index (κ2) is 5.73. The second-order valence-corrected chi connectivity index (χ2v) is 6.04. The number of nitrogen functional groups attached to an aromatic ring is 1. The van der Waals surface area contributed by atoms with Crippen LogP contribution in [0.25, 0.3) is 0 Å². The van der Waals surface area contributed by atoms with Crippen molar-refractivity contribution in [3.63, 3.8) is 0 Å². The van der Waals surface area contributed by atoms with Crippen molar-refractivity contribution in [2.24, 2.45) is 0 Å². The first kappa shape index (κ1) is 13.9. The van der Waals surface area contributed by atoms with Gasteiger partial charge in [0, 0.05) is 49.0 Å². The van der Waals surface area contributed by atoms with Gasteiger partial charge in [0.05, 0.1) is 0 Å². The molecule has 0 bridgehead atoms. The van der Waals surface area contributed by atoms with E-state index in [1.165, 1.54) is 0 Å². The number of aromatic nitrogens is 1. The monoisotopic (exact) mass is 302 g/mol. The highest BCUT2D eigenvalue weighted by Gasteiger charge is 2.23. The third-order valence-electron chi connectivity index (χ3n) is 3.78. The van der Waals surface area contributed by atoms with Crippen molar-refractivity contribution in [3.8, 4) is 0 Å². The van der Waals surface area contributed by atoms with Crippen molar-refractivity contribution in [3.05, 3.63) is 40.9 Å². The van der Waals surface area contributed by atoms with E-state index in [4.69, 9.17) is 5.73 Å². The first-order chi connectivity index (χ1) is 10.1. The highest BCUT2D eigenvalue weighted by atomic mass is 32.1. The van der Waals surface area contributed by atoms with Gasteiger partial charge in [0.25, 0.3) is 5.91 Å². The summed E-state index contributed by atoms with van der Waals surface area (Å²) in [6, 6.07) is 5.51. The molecule has 0 radical (unpaired) electrons. The molecule has 110 valence electrons. The van der Waals surface area contributed by atoms with E-state index in [1.807, 2.05) is 35.5 Å². The average molecular weight is 302 g/mol. The minimum atomic E-state index is 0.0560. The molecule has 1 amide bonds. The van der Waals surface area contributed by atoms with Crippen LogP contribution in [0.3, 0.4) is 0 Å². The van der Waals surface area contributed by atoms with Crippen molar-refractivity contribution in [2.45, 2.75) is 6.92 Å². The van der Waals surface area contributed by atoms with E-state index in [0.717, 1.165) is 23.8 Å². The summed E-state index contributed by atoms with van der Waals surface area (Å²) in [5.41, 5.74) is 8.22. The molecule has 2 N–H and O–H groups in total. The number of anilines is 2. The number of carbonyl (C=O) groups excluding carboxylic acids is 1. The van der Waals surface area contributed by atoms with Crippen LogP contribution >= 0.6 is 11.3 Å². The fourth-order valence-corrected chi connectivity index (χ4v) is 3.13. The zero-order valence-corrected chi connectivity index (χ0v) is 12.8. The molecule has 0 unspecified atom stereocenters. The Balaban J connectivity index is 1.66. The summed E-state index contributed by atoms with van der Waals surface area (Å²) in [5, 5.41) is 3.00. The lowest BCUT2D eigenvalue weighted by atomic mass is 10.1. The van der Waals surface area contributed by atoms with Crippen LogP contribution in [0.5, 0.6) is 0 Å². The summed E-state index contributed by atoms with van der Waals surface area (Å²) in [7, 11) is 0. The average Bonchev–Trinajstić information content (AvgIpc) is 3.04. The van der Waals surface area contributed by atoms with E-state index in [-0.39, 0.29) is 5.91 Å². The lowest BCUT2D eigenvalue weighted by Gasteiger charge is -2.34. The Bertz CT molecular complexity index is 633. The van der Waals surface area contributed by atoms with E-state index in [1.54, 1.807) is 17.4 Å². The molecular formula is C15H18N4OS. The number of benzene rings is 1. The fourth-order valence-electron chi connectivity index (χ4n) is 2.43. The maximum absolute atomic E-state index is 12.5. The van der Waals surface area contributed by atoms with Crippen molar-refractivity contribution >= 4 is 28.1 Å². The van der Waals surface area contributed by atoms with E-state index in [9.17, 15) is 4.79 Å². The summed E-state index contributed by atoms with van der Waals surface area (Å²) in [6.07, 6.45) is 1.81. The maximum atomic E-state index is 12.5. The molecule has 2 aromatic rings. The van der Waals surface area contributed by atoms with Crippen LogP contribution in [0.2, 0.25) is 0 Å². The number of carbonyl (C=O) groups is 1. The Morgan fingerprint density at radius 3 is 2.67 bits per heavy atom. The molecule has 5 nitrogen and oxygen atoms in total. The minimum Gasteiger partial charge on any atom is -0.398 e. The topological polar surface area (TPSA) is 62.5 Å². The summed E-state index contributed by atoms with van der Waals surface area (Å²) in [6.45, 7) is 5.01. The van der Waals surface area contributed by atoms with Crippen LogP contribution in [-0.4, -0.2) is 42.0 Å². The summed E-state index contributed by atoms with van der Waals surface area (Å²) in [4.78, 5) is 20.9. The molecule has 1 aromatic heterocycles. The van der Waals surface area contributed by atoms with Gasteiger partial charge < -0.3 is 15.5 Å². The van der Waals surface area contributed by atoms with Crippen molar-refractivity contribution in [1.29, 1.82) is 0 Å². The number of rotatable bonds is 2. The van der Waals surface area contributed by atoms with Gasteiger partial charge in [-0.05, 0) is 24.6 Å². The van der Waals surface area contributed by atoms with E-state index in [2.05, 4.69) is 9.88 Å². The molecule has 21 heavy (non-hydrogen) atoms. The first-order valence-corrected chi connectivity index (χ1v) is 7.83. The van der Waals surface area contributed by atoms with Gasteiger partial charge in [-0.25, -0.2) is 4.98 Å². The summed E-state index contributed by atoms with van der Waals surface area (Å²) >= 11 is 1.63. The SMILES string of the molecule is Cc1ccc(C(=O)N2CCN(c3nccs3)CC2)cc1N. The molecule has 0 atom stereocenters. The molecule has 3 rings (SSSR count). The van der Waals surface area contributed by atoms with Crippen molar-refractivity contribution in [1.82, 2.24) is 9.88 Å². The van der Waals surface area contributed by atoms with Crippen molar-refractivity contribution in [2.75, 3.05) is 36.8 Å². The van der Waals surface area contributed by atoms with Gasteiger partial charge in [-0.2, -0.15) is 0 Å². The first-order valence-electron chi connectivity index (χ1n) is 6.95. The standard InChI is InChI=1S/C15H18N4OS/c1-11-2-3-12(10-13(11)16)14(20)18-5-7-19(8-6-18)15-17-4-9-21-15/h2-4,9-10H,5-8,16H2,1H3. The third kappa shape index (κ3) is 2.85. The molecule has 0 saturated carbocycles. The number of thiazole rings is 1. The number of aryl methyl sites for hydroxylation is 1. The summed E-state index contributed by atoms with van der Waals surface area (Å²) in [5.74, 6) is 0.0560. The number of nitrogens with zero attached hydrogens (tertiary/aromatic N) is 3. The number of piperazine rings is 1. The van der Waals surface area contributed by atoms with Gasteiger partial charge in [-0.15, -0.1) is 11.3 Å². The normalized spacial score (nSPS) is 15.3. The lowest BCUT2D eigenvalue weighted by molar-refractivity contribution is 0.0747. The smallest absolute Gasteiger partial charge is 0.254 e. The van der Waals surface area contributed by atoms with E-state index < -0.39 is 0 Å². The molecule has 2 heterocycles. The van der Waals surface area contributed by atoms with E-state index >= 15 is 0 Å². The molecule has 6 heteroatoms. The Morgan fingerprint density at radius 2 is 2.05 bits per heavy atom. The predicted octanol–water partition coefficient (Wildman–Crippen LogP) is 2.00. The van der Waals surface area contributed by atoms with Gasteiger partial charge in [-0.3, -0.25) is 4.79 Å². The number of amides is 1. The van der Waals surface area contributed by atoms with E-state index in [0.29, 0.717) is 24.3 Å². The van der Waals surface area contributed by atoms with Crippen LogP contribution in [-0.2, 0) is 0 Å². The van der Waals surface area contributed by atoms with Gasteiger partial charge in [-0.1, -0.05) is 6.07 Å². The summed E-state index contributed by atoms with van der Waals surface area (Å²) < 4.78 is 0. The third-order valence-corrected chi connectivity index (χ3v) is 4.62. The number of nitrogens with two attached hydrogens (primary N) is 1. The fraction of sp³-hybridized carbons (Fsp3) is 0.333. The van der Waals surface area contributed by atoms with Crippen LogP contribution in [0.1, 0.15) is 15.9 Å².